The minimum atomic E-state index is -0.416. The van der Waals surface area contributed by atoms with Crippen molar-refractivity contribution in [2.24, 2.45) is 5.16 Å². The smallest absolute Gasteiger partial charge is 0.268 e. The number of nitrogens with zero attached hydrogens (tertiary/aromatic N) is 1. The summed E-state index contributed by atoms with van der Waals surface area (Å²) in [5.41, 5.74) is 1.18. The lowest BCUT2D eigenvalue weighted by molar-refractivity contribution is 0.102. The normalized spacial score (nSPS) is 11.6. The minimum Gasteiger partial charge on any atom is -0.435 e. The fraction of sp³-hybridized carbons (Fsp3) is 0. The maximum absolute atomic E-state index is 12.4. The molecule has 3 aromatic rings. The Morgan fingerprint density at radius 3 is 2.73 bits per heavy atom. The number of rotatable bonds is 2. The maximum Gasteiger partial charge on any atom is 0.268 e. The molecule has 2 aromatic carbocycles. The number of amides is 1. The summed E-state index contributed by atoms with van der Waals surface area (Å²) in [6.07, 6.45) is 0. The van der Waals surface area contributed by atoms with Crippen LogP contribution < -0.4 is 10.9 Å². The number of hydrogen-bond donors (Lipinski definition) is 2. The molecule has 0 saturated heterocycles. The highest BCUT2D eigenvalue weighted by atomic mass is 79.9. The van der Waals surface area contributed by atoms with Crippen molar-refractivity contribution in [1.29, 1.82) is 0 Å². The van der Waals surface area contributed by atoms with Crippen molar-refractivity contribution < 1.29 is 14.4 Å². The van der Waals surface area contributed by atoms with Crippen molar-refractivity contribution in [2.45, 2.75) is 0 Å². The van der Waals surface area contributed by atoms with Crippen LogP contribution >= 0.6 is 15.9 Å². The second-order valence-electron chi connectivity index (χ2n) is 4.57. The van der Waals surface area contributed by atoms with Gasteiger partial charge >= 0.3 is 0 Å². The molecule has 0 aliphatic rings. The van der Waals surface area contributed by atoms with Crippen LogP contribution in [0.25, 0.3) is 11.0 Å². The molecule has 0 aliphatic carbocycles. The van der Waals surface area contributed by atoms with Gasteiger partial charge in [-0.05, 0) is 35.5 Å². The summed E-state index contributed by atoms with van der Waals surface area (Å²) in [6, 6.07) is 16.0. The fourth-order valence-electron chi connectivity index (χ4n) is 2.07. The zero-order valence-electron chi connectivity index (χ0n) is 11.3. The number of carbonyl (C=O) groups excluding carboxylic acids is 1. The molecule has 0 bridgehead atoms. The molecular weight excluding hydrogens is 348 g/mol. The van der Waals surface area contributed by atoms with E-state index in [-0.39, 0.29) is 11.1 Å². The Bertz CT molecular complexity index is 918. The van der Waals surface area contributed by atoms with Gasteiger partial charge in [0.15, 0.2) is 0 Å². The van der Waals surface area contributed by atoms with Gasteiger partial charge in [-0.2, -0.15) is 0 Å². The van der Waals surface area contributed by atoms with Gasteiger partial charge in [0, 0.05) is 15.5 Å². The number of nitrogens with one attached hydrogen (secondary N) is 1. The largest absolute Gasteiger partial charge is 0.435 e. The average molecular weight is 359 g/mol. The number of anilines is 1. The Labute approximate surface area is 134 Å². The van der Waals surface area contributed by atoms with Crippen molar-refractivity contribution >= 4 is 38.5 Å². The molecule has 0 aliphatic heterocycles. The molecule has 1 aromatic heterocycles. The van der Waals surface area contributed by atoms with E-state index < -0.39 is 5.91 Å². The Morgan fingerprint density at radius 1 is 1.14 bits per heavy atom. The molecule has 3 rings (SSSR count). The summed E-state index contributed by atoms with van der Waals surface area (Å²) in [6.45, 7) is 0. The quantitative estimate of drug-likeness (QED) is 0.541. The molecule has 0 spiro atoms. The monoisotopic (exact) mass is 358 g/mol. The first kappa shape index (κ1) is 14.3. The van der Waals surface area contributed by atoms with Crippen molar-refractivity contribution in [1.82, 2.24) is 0 Å². The van der Waals surface area contributed by atoms with Crippen LogP contribution in [-0.4, -0.2) is 11.1 Å². The van der Waals surface area contributed by atoms with E-state index in [1.54, 1.807) is 30.3 Å². The lowest BCUT2D eigenvalue weighted by Crippen LogP contribution is -2.21. The third-order valence-corrected chi connectivity index (χ3v) is 3.57. The van der Waals surface area contributed by atoms with Gasteiger partial charge < -0.3 is 14.9 Å². The van der Waals surface area contributed by atoms with Crippen molar-refractivity contribution in [3.05, 3.63) is 70.2 Å². The van der Waals surface area contributed by atoms with E-state index in [0.29, 0.717) is 11.3 Å². The predicted molar refractivity (Wildman–Crippen MR) is 85.7 cm³/mol. The number of benzene rings is 2. The van der Waals surface area contributed by atoms with Gasteiger partial charge in [-0.15, -0.1) is 0 Å². The number of carbonyl (C=O) groups is 1. The van der Waals surface area contributed by atoms with Crippen LogP contribution in [0.3, 0.4) is 0 Å². The Hall–Kier alpha value is -2.60. The minimum absolute atomic E-state index is 0.133. The molecule has 6 heteroatoms. The summed E-state index contributed by atoms with van der Waals surface area (Å²) in [5.74, 6) is -0.416. The first-order valence-corrected chi connectivity index (χ1v) is 7.24. The van der Waals surface area contributed by atoms with E-state index in [4.69, 9.17) is 9.62 Å². The first-order valence-electron chi connectivity index (χ1n) is 6.45. The van der Waals surface area contributed by atoms with E-state index in [2.05, 4.69) is 26.4 Å². The van der Waals surface area contributed by atoms with E-state index in [0.717, 1.165) is 9.86 Å². The second-order valence-corrected chi connectivity index (χ2v) is 5.48. The van der Waals surface area contributed by atoms with Gasteiger partial charge in [0.05, 0.1) is 0 Å². The van der Waals surface area contributed by atoms with Crippen LogP contribution in [0.1, 0.15) is 10.4 Å². The Morgan fingerprint density at radius 2 is 1.95 bits per heavy atom. The first-order chi connectivity index (χ1) is 10.7. The summed E-state index contributed by atoms with van der Waals surface area (Å²) < 4.78 is 6.29. The molecular formula is C16H11BrN2O3. The topological polar surface area (TPSA) is 74.8 Å². The molecule has 0 unspecified atom stereocenters. The molecule has 0 atom stereocenters. The Balaban J connectivity index is 2.03. The molecule has 1 heterocycles. The maximum atomic E-state index is 12.4. The lowest BCUT2D eigenvalue weighted by atomic mass is 10.1. The van der Waals surface area contributed by atoms with Gasteiger partial charge in [-0.1, -0.05) is 40.2 Å². The van der Waals surface area contributed by atoms with Crippen LogP contribution in [-0.2, 0) is 0 Å². The molecule has 22 heavy (non-hydrogen) atoms. The van der Waals surface area contributed by atoms with Crippen LogP contribution in [0.5, 0.6) is 0 Å². The highest BCUT2D eigenvalue weighted by molar-refractivity contribution is 9.10. The molecule has 0 saturated carbocycles. The van der Waals surface area contributed by atoms with Crippen molar-refractivity contribution in [3.63, 3.8) is 0 Å². The zero-order chi connectivity index (χ0) is 15.5. The summed E-state index contributed by atoms with van der Waals surface area (Å²) in [4.78, 5) is 12.4. The third kappa shape index (κ3) is 2.87. The number of halogens is 1. The highest BCUT2D eigenvalue weighted by Crippen LogP contribution is 2.17. The predicted octanol–water partition coefficient (Wildman–Crippen LogP) is 3.74. The summed E-state index contributed by atoms with van der Waals surface area (Å²) >= 11 is 3.34. The third-order valence-electron chi connectivity index (χ3n) is 3.07. The van der Waals surface area contributed by atoms with Gasteiger partial charge in [0.1, 0.15) is 11.1 Å². The molecule has 1 amide bonds. The van der Waals surface area contributed by atoms with Gasteiger partial charge in [0.25, 0.3) is 11.5 Å². The molecule has 2 N–H and O–H groups in total. The highest BCUT2D eigenvalue weighted by Gasteiger charge is 2.13. The molecule has 5 nitrogen and oxygen atoms in total. The molecule has 110 valence electrons. The van der Waals surface area contributed by atoms with Gasteiger partial charge in [-0.25, -0.2) is 0 Å². The van der Waals surface area contributed by atoms with Crippen LogP contribution in [0.15, 0.2) is 68.6 Å². The number of hydrogen-bond acceptors (Lipinski definition) is 4. The number of fused-ring (bicyclic) bond motifs is 1. The van der Waals surface area contributed by atoms with Crippen molar-refractivity contribution in [3.8, 4) is 0 Å². The zero-order valence-corrected chi connectivity index (χ0v) is 12.9. The van der Waals surface area contributed by atoms with E-state index in [1.165, 1.54) is 0 Å². The molecule has 0 fully saturated rings. The van der Waals surface area contributed by atoms with Crippen LogP contribution in [0.4, 0.5) is 5.69 Å². The fourth-order valence-corrected chi connectivity index (χ4v) is 2.47. The standard InChI is InChI=1S/C16H11BrN2O3/c17-11-5-3-6-12(9-11)18-15(20)13-8-10-4-1-2-7-14(10)22-16(13)19-21/h1-9,21H,(H,18,20)/b19-16+. The lowest BCUT2D eigenvalue weighted by Gasteiger charge is -2.06. The van der Waals surface area contributed by atoms with Gasteiger partial charge in [-0.3, -0.25) is 4.79 Å². The van der Waals surface area contributed by atoms with E-state index in [9.17, 15) is 4.79 Å². The average Bonchev–Trinajstić information content (AvgIpc) is 2.53. The summed E-state index contributed by atoms with van der Waals surface area (Å²) in [5, 5.41) is 15.6. The summed E-state index contributed by atoms with van der Waals surface area (Å²) in [7, 11) is 0. The number of para-hydroxylation sites is 1. The van der Waals surface area contributed by atoms with Crippen LogP contribution in [0, 0.1) is 0 Å². The Kier molecular flexibility index (Phi) is 3.93. The van der Waals surface area contributed by atoms with E-state index in [1.807, 2.05) is 24.3 Å². The van der Waals surface area contributed by atoms with Gasteiger partial charge in [0.2, 0.25) is 0 Å². The van der Waals surface area contributed by atoms with E-state index >= 15 is 0 Å². The molecule has 0 radical (unpaired) electrons. The second kappa shape index (κ2) is 6.03. The van der Waals surface area contributed by atoms with Crippen LogP contribution in [0.2, 0.25) is 0 Å². The SMILES string of the molecule is O=C(Nc1cccc(Br)c1)c1cc2ccccc2o/c1=N/O. The van der Waals surface area contributed by atoms with Crippen molar-refractivity contribution in [2.75, 3.05) is 5.32 Å².